The average Bonchev–Trinajstić information content (AvgIpc) is 3.25. The van der Waals surface area contributed by atoms with Crippen LogP contribution in [0.4, 0.5) is 0 Å². The van der Waals surface area contributed by atoms with Crippen LogP contribution in [0.25, 0.3) is 0 Å². The summed E-state index contributed by atoms with van der Waals surface area (Å²) < 4.78 is 5.57. The number of hydrogen-bond donors (Lipinski definition) is 1. The van der Waals surface area contributed by atoms with Gasteiger partial charge in [-0.1, -0.05) is 13.8 Å². The van der Waals surface area contributed by atoms with E-state index < -0.39 is 0 Å². The van der Waals surface area contributed by atoms with Gasteiger partial charge in [0, 0.05) is 51.1 Å². The number of nitrogens with one attached hydrogen (secondary N) is 1. The van der Waals surface area contributed by atoms with Crippen molar-refractivity contribution in [3.8, 4) is 0 Å². The van der Waals surface area contributed by atoms with Gasteiger partial charge in [0.15, 0.2) is 5.96 Å². The van der Waals surface area contributed by atoms with Crippen LogP contribution in [0.1, 0.15) is 33.1 Å². The van der Waals surface area contributed by atoms with E-state index in [4.69, 9.17) is 4.74 Å². The SMILES string of the molecule is CCC1(C)CCN(C(=NC)NCC2(N3CCOCC3)CCSC2)C1.I. The van der Waals surface area contributed by atoms with Crippen LogP contribution in [0.3, 0.4) is 0 Å². The van der Waals surface area contributed by atoms with Gasteiger partial charge in [0.2, 0.25) is 0 Å². The molecule has 0 aromatic rings. The number of rotatable bonds is 4. The lowest BCUT2D eigenvalue weighted by molar-refractivity contribution is -0.0121. The number of likely N-dealkylation sites (tertiary alicyclic amines) is 1. The third-order valence-corrected chi connectivity index (χ3v) is 7.50. The first-order valence-corrected chi connectivity index (χ1v) is 10.6. The number of guanidine groups is 1. The van der Waals surface area contributed by atoms with E-state index in [2.05, 4.69) is 45.7 Å². The first kappa shape index (κ1) is 21.6. The monoisotopic (exact) mass is 482 g/mol. The Balaban J connectivity index is 0.00000225. The minimum absolute atomic E-state index is 0. The average molecular weight is 482 g/mol. The molecule has 3 aliphatic rings. The number of nitrogens with zero attached hydrogens (tertiary/aromatic N) is 3. The molecule has 3 aliphatic heterocycles. The Bertz CT molecular complexity index is 452. The highest BCUT2D eigenvalue weighted by molar-refractivity contribution is 14.0. The molecule has 0 radical (unpaired) electrons. The molecule has 0 aromatic heterocycles. The summed E-state index contributed by atoms with van der Waals surface area (Å²) in [6, 6.07) is 0. The molecule has 0 bridgehead atoms. The van der Waals surface area contributed by atoms with Crippen molar-refractivity contribution < 1.29 is 4.74 Å². The molecule has 25 heavy (non-hydrogen) atoms. The molecule has 0 spiro atoms. The van der Waals surface area contributed by atoms with Crippen molar-refractivity contribution >= 4 is 41.7 Å². The van der Waals surface area contributed by atoms with Crippen LogP contribution in [-0.2, 0) is 4.74 Å². The third kappa shape index (κ3) is 4.96. The minimum Gasteiger partial charge on any atom is -0.379 e. The molecule has 3 rings (SSSR count). The zero-order valence-electron chi connectivity index (χ0n) is 16.1. The van der Waals surface area contributed by atoms with Gasteiger partial charge in [0.25, 0.3) is 0 Å². The van der Waals surface area contributed by atoms with E-state index >= 15 is 0 Å². The highest BCUT2D eigenvalue weighted by atomic mass is 127. The predicted octanol–water partition coefficient (Wildman–Crippen LogP) is 2.51. The van der Waals surface area contributed by atoms with Crippen molar-refractivity contribution in [1.29, 1.82) is 0 Å². The normalized spacial score (nSPS) is 34.2. The van der Waals surface area contributed by atoms with Gasteiger partial charge in [-0.3, -0.25) is 9.89 Å². The number of hydrogen-bond acceptors (Lipinski definition) is 4. The second-order valence-corrected chi connectivity index (χ2v) is 8.97. The predicted molar refractivity (Wildman–Crippen MR) is 118 cm³/mol. The Hall–Kier alpha value is 0.270. The van der Waals surface area contributed by atoms with Crippen LogP contribution in [0.2, 0.25) is 0 Å². The van der Waals surface area contributed by atoms with Crippen molar-refractivity contribution in [3.05, 3.63) is 0 Å². The van der Waals surface area contributed by atoms with Crippen LogP contribution >= 0.6 is 35.7 Å². The summed E-state index contributed by atoms with van der Waals surface area (Å²) in [5.41, 5.74) is 0.723. The van der Waals surface area contributed by atoms with Crippen LogP contribution in [-0.4, -0.2) is 85.8 Å². The lowest BCUT2D eigenvalue weighted by atomic mass is 9.87. The maximum atomic E-state index is 5.57. The summed E-state index contributed by atoms with van der Waals surface area (Å²) in [4.78, 5) is 9.71. The minimum atomic E-state index is 0. The van der Waals surface area contributed by atoms with Gasteiger partial charge in [-0.25, -0.2) is 0 Å². The molecule has 1 N–H and O–H groups in total. The van der Waals surface area contributed by atoms with Crippen molar-refractivity contribution in [2.24, 2.45) is 10.4 Å². The Morgan fingerprint density at radius 2 is 2.00 bits per heavy atom. The van der Waals surface area contributed by atoms with E-state index in [-0.39, 0.29) is 29.5 Å². The molecule has 7 heteroatoms. The Morgan fingerprint density at radius 3 is 2.56 bits per heavy atom. The molecule has 5 nitrogen and oxygen atoms in total. The fraction of sp³-hybridized carbons (Fsp3) is 0.944. The smallest absolute Gasteiger partial charge is 0.193 e. The molecule has 0 amide bonds. The first-order valence-electron chi connectivity index (χ1n) is 9.47. The highest BCUT2D eigenvalue weighted by Gasteiger charge is 2.41. The Labute approximate surface area is 174 Å². The maximum absolute atomic E-state index is 5.57. The maximum Gasteiger partial charge on any atom is 0.193 e. The van der Waals surface area contributed by atoms with Crippen molar-refractivity contribution in [2.45, 2.75) is 38.6 Å². The highest BCUT2D eigenvalue weighted by Crippen LogP contribution is 2.35. The summed E-state index contributed by atoms with van der Waals surface area (Å²) >= 11 is 2.09. The number of ether oxygens (including phenoxy) is 1. The first-order chi connectivity index (χ1) is 11.6. The molecular formula is C18H35IN4OS. The van der Waals surface area contributed by atoms with Gasteiger partial charge in [0.1, 0.15) is 0 Å². The van der Waals surface area contributed by atoms with E-state index in [1.807, 2.05) is 7.05 Å². The molecule has 0 aromatic carbocycles. The van der Waals surface area contributed by atoms with Gasteiger partial charge in [-0.15, -0.1) is 24.0 Å². The van der Waals surface area contributed by atoms with Gasteiger partial charge >= 0.3 is 0 Å². The fourth-order valence-corrected chi connectivity index (χ4v) is 5.68. The molecule has 3 heterocycles. The van der Waals surface area contributed by atoms with E-state index in [1.54, 1.807) is 0 Å². The number of aliphatic imine (C=N–C) groups is 1. The summed E-state index contributed by atoms with van der Waals surface area (Å²) in [6.45, 7) is 11.9. The van der Waals surface area contributed by atoms with Crippen molar-refractivity contribution in [2.75, 3.05) is 64.5 Å². The zero-order chi connectivity index (χ0) is 17.0. The lowest BCUT2D eigenvalue weighted by Gasteiger charge is -2.43. The van der Waals surface area contributed by atoms with E-state index in [1.165, 1.54) is 30.8 Å². The zero-order valence-corrected chi connectivity index (χ0v) is 19.2. The van der Waals surface area contributed by atoms with Crippen LogP contribution in [0.15, 0.2) is 4.99 Å². The third-order valence-electron chi connectivity index (χ3n) is 6.26. The standard InChI is InChI=1S/C18H34N4OS.HI/c1-4-17(2)5-7-21(14-17)16(19-3)20-13-18(6-12-24-15-18)22-8-10-23-11-9-22;/h4-15H2,1-3H3,(H,19,20);1H. The second kappa shape index (κ2) is 9.46. The summed E-state index contributed by atoms with van der Waals surface area (Å²) in [5.74, 6) is 3.59. The topological polar surface area (TPSA) is 40.1 Å². The summed E-state index contributed by atoms with van der Waals surface area (Å²) in [7, 11) is 1.93. The van der Waals surface area contributed by atoms with E-state index in [9.17, 15) is 0 Å². The summed E-state index contributed by atoms with van der Waals surface area (Å²) in [5, 5.41) is 3.73. The fourth-order valence-electron chi connectivity index (χ4n) is 4.20. The van der Waals surface area contributed by atoms with Gasteiger partial charge in [0.05, 0.1) is 13.2 Å². The van der Waals surface area contributed by atoms with E-state index in [0.29, 0.717) is 5.41 Å². The number of halogens is 1. The molecular weight excluding hydrogens is 447 g/mol. The molecule has 0 aliphatic carbocycles. The molecule has 146 valence electrons. The molecule has 3 fully saturated rings. The molecule has 2 unspecified atom stereocenters. The second-order valence-electron chi connectivity index (χ2n) is 7.86. The van der Waals surface area contributed by atoms with Crippen molar-refractivity contribution in [3.63, 3.8) is 0 Å². The number of thioether (sulfide) groups is 1. The van der Waals surface area contributed by atoms with Crippen LogP contribution < -0.4 is 5.32 Å². The molecule has 3 saturated heterocycles. The van der Waals surface area contributed by atoms with Gasteiger partial charge in [-0.2, -0.15) is 11.8 Å². The lowest BCUT2D eigenvalue weighted by Crippen LogP contribution is -2.60. The summed E-state index contributed by atoms with van der Waals surface area (Å²) in [6.07, 6.45) is 3.79. The molecule has 2 atom stereocenters. The van der Waals surface area contributed by atoms with Crippen molar-refractivity contribution in [1.82, 2.24) is 15.1 Å². The van der Waals surface area contributed by atoms with Gasteiger partial charge < -0.3 is 15.0 Å². The van der Waals surface area contributed by atoms with E-state index in [0.717, 1.165) is 51.9 Å². The number of morpholine rings is 1. The largest absolute Gasteiger partial charge is 0.379 e. The van der Waals surface area contributed by atoms with Gasteiger partial charge in [-0.05, 0) is 30.4 Å². The Kier molecular flexibility index (Phi) is 8.16. The quantitative estimate of drug-likeness (QED) is 0.379. The van der Waals surface area contributed by atoms with Crippen LogP contribution in [0.5, 0.6) is 0 Å². The Morgan fingerprint density at radius 1 is 1.24 bits per heavy atom. The molecule has 0 saturated carbocycles. The van der Waals surface area contributed by atoms with Crippen LogP contribution in [0, 0.1) is 5.41 Å².